The quantitative estimate of drug-likeness (QED) is 0.709. The van der Waals surface area contributed by atoms with Crippen molar-refractivity contribution in [3.8, 4) is 0 Å². The second kappa shape index (κ2) is 7.53. The monoisotopic (exact) mass is 356 g/mol. The van der Waals surface area contributed by atoms with Crippen LogP contribution in [-0.2, 0) is 11.2 Å². The van der Waals surface area contributed by atoms with Crippen molar-refractivity contribution < 1.29 is 14.1 Å². The van der Waals surface area contributed by atoms with Gasteiger partial charge in [0.15, 0.2) is 5.82 Å². The largest absolute Gasteiger partial charge is 0.381 e. The van der Waals surface area contributed by atoms with E-state index in [0.717, 1.165) is 24.6 Å². The molecule has 2 aromatic heterocycles. The van der Waals surface area contributed by atoms with Crippen LogP contribution in [0.15, 0.2) is 22.9 Å². The van der Waals surface area contributed by atoms with Crippen LogP contribution in [0.1, 0.15) is 52.9 Å². The molecule has 4 rings (SSSR count). The zero-order valence-corrected chi connectivity index (χ0v) is 15.1. The van der Waals surface area contributed by atoms with Crippen molar-refractivity contribution in [2.45, 2.75) is 38.5 Å². The Kier molecular flexibility index (Phi) is 4.97. The minimum atomic E-state index is 0.0197. The minimum Gasteiger partial charge on any atom is -0.381 e. The predicted molar refractivity (Wildman–Crippen MR) is 93.8 cm³/mol. The highest BCUT2D eigenvalue weighted by Crippen LogP contribution is 2.29. The Balaban J connectivity index is 1.30. The summed E-state index contributed by atoms with van der Waals surface area (Å²) >= 11 is 0. The summed E-state index contributed by atoms with van der Waals surface area (Å²) in [5, 5.41) is 4.06. The Labute approximate surface area is 152 Å². The molecule has 0 aromatic carbocycles. The lowest BCUT2D eigenvalue weighted by Gasteiger charge is -2.16. The Morgan fingerprint density at radius 2 is 2.27 bits per heavy atom. The number of amides is 1. The van der Waals surface area contributed by atoms with Crippen molar-refractivity contribution in [2.24, 2.45) is 5.92 Å². The number of nitrogens with zero attached hydrogens (tertiary/aromatic N) is 4. The van der Waals surface area contributed by atoms with Gasteiger partial charge < -0.3 is 14.2 Å². The summed E-state index contributed by atoms with van der Waals surface area (Å²) in [7, 11) is 0. The van der Waals surface area contributed by atoms with Crippen LogP contribution < -0.4 is 0 Å². The molecule has 1 saturated carbocycles. The molecule has 0 bridgehead atoms. The third-order valence-electron chi connectivity index (χ3n) is 5.07. The highest BCUT2D eigenvalue weighted by atomic mass is 16.5. The molecule has 26 heavy (non-hydrogen) atoms. The summed E-state index contributed by atoms with van der Waals surface area (Å²) < 4.78 is 11.1. The lowest BCUT2D eigenvalue weighted by Crippen LogP contribution is -2.29. The number of aromatic nitrogens is 3. The van der Waals surface area contributed by atoms with Crippen LogP contribution in [-0.4, -0.2) is 52.2 Å². The van der Waals surface area contributed by atoms with Crippen LogP contribution in [0.4, 0.5) is 0 Å². The standard InChI is InChI=1S/C19H24N4O3/c1-13-16(3-2-8-20-13)19(24)23-9-6-15(11-23)18-21-17(22-26-18)7-10-25-12-14-4-5-14/h2-3,8,14-15H,4-7,9-12H2,1H3. The maximum atomic E-state index is 12.7. The normalized spacial score (nSPS) is 19.9. The van der Waals surface area contributed by atoms with E-state index < -0.39 is 0 Å². The lowest BCUT2D eigenvalue weighted by atomic mass is 10.1. The number of rotatable bonds is 7. The van der Waals surface area contributed by atoms with E-state index in [9.17, 15) is 4.79 Å². The average Bonchev–Trinajstić information content (AvgIpc) is 3.15. The van der Waals surface area contributed by atoms with E-state index in [4.69, 9.17) is 9.26 Å². The Morgan fingerprint density at radius 1 is 1.38 bits per heavy atom. The van der Waals surface area contributed by atoms with Crippen molar-refractivity contribution in [1.29, 1.82) is 0 Å². The average molecular weight is 356 g/mol. The molecular weight excluding hydrogens is 332 g/mol. The number of hydrogen-bond donors (Lipinski definition) is 0. The first kappa shape index (κ1) is 17.1. The van der Waals surface area contributed by atoms with Gasteiger partial charge >= 0.3 is 0 Å². The number of hydrogen-bond acceptors (Lipinski definition) is 6. The van der Waals surface area contributed by atoms with E-state index in [-0.39, 0.29) is 11.8 Å². The van der Waals surface area contributed by atoms with Gasteiger partial charge in [-0.05, 0) is 44.2 Å². The SMILES string of the molecule is Cc1ncccc1C(=O)N1CCC(c2nc(CCOCC3CC3)no2)C1. The Morgan fingerprint density at radius 3 is 3.08 bits per heavy atom. The molecule has 2 aliphatic rings. The maximum absolute atomic E-state index is 12.7. The molecule has 1 aliphatic carbocycles. The van der Waals surface area contributed by atoms with E-state index >= 15 is 0 Å². The first-order chi connectivity index (χ1) is 12.7. The molecule has 1 aliphatic heterocycles. The summed E-state index contributed by atoms with van der Waals surface area (Å²) in [6.07, 6.45) is 5.79. The van der Waals surface area contributed by atoms with Gasteiger partial charge in [-0.3, -0.25) is 9.78 Å². The third kappa shape index (κ3) is 3.93. The van der Waals surface area contributed by atoms with Crippen molar-refractivity contribution in [2.75, 3.05) is 26.3 Å². The van der Waals surface area contributed by atoms with Gasteiger partial charge in [0.25, 0.3) is 5.91 Å². The molecule has 0 N–H and O–H groups in total. The first-order valence-corrected chi connectivity index (χ1v) is 9.32. The van der Waals surface area contributed by atoms with Gasteiger partial charge in [0.1, 0.15) is 0 Å². The molecule has 3 heterocycles. The Bertz CT molecular complexity index is 772. The molecule has 1 unspecified atom stereocenters. The van der Waals surface area contributed by atoms with E-state index in [2.05, 4.69) is 15.1 Å². The highest BCUT2D eigenvalue weighted by molar-refractivity contribution is 5.95. The molecule has 1 amide bonds. The minimum absolute atomic E-state index is 0.0197. The van der Waals surface area contributed by atoms with Gasteiger partial charge in [0, 0.05) is 38.0 Å². The molecule has 7 heteroatoms. The fourth-order valence-corrected chi connectivity index (χ4v) is 3.26. The van der Waals surface area contributed by atoms with Gasteiger partial charge in [-0.1, -0.05) is 5.16 Å². The van der Waals surface area contributed by atoms with Gasteiger partial charge in [-0.2, -0.15) is 4.98 Å². The smallest absolute Gasteiger partial charge is 0.255 e. The molecule has 7 nitrogen and oxygen atoms in total. The molecule has 1 atom stereocenters. The van der Waals surface area contributed by atoms with Crippen molar-refractivity contribution in [3.05, 3.63) is 41.3 Å². The maximum Gasteiger partial charge on any atom is 0.255 e. The number of aryl methyl sites for hydroxylation is 1. The summed E-state index contributed by atoms with van der Waals surface area (Å²) in [5.74, 6) is 2.20. The van der Waals surface area contributed by atoms with Gasteiger partial charge in [-0.15, -0.1) is 0 Å². The zero-order chi connectivity index (χ0) is 17.9. The molecule has 2 fully saturated rings. The van der Waals surface area contributed by atoms with Gasteiger partial charge in [0.05, 0.1) is 18.1 Å². The number of ether oxygens (including phenoxy) is 1. The van der Waals surface area contributed by atoms with Gasteiger partial charge in [0.2, 0.25) is 5.89 Å². The van der Waals surface area contributed by atoms with Crippen LogP contribution in [0.25, 0.3) is 0 Å². The topological polar surface area (TPSA) is 81.4 Å². The number of pyridine rings is 1. The van der Waals surface area contributed by atoms with Crippen molar-refractivity contribution in [1.82, 2.24) is 20.0 Å². The predicted octanol–water partition coefficient (Wildman–Crippen LogP) is 2.37. The van der Waals surface area contributed by atoms with Crippen molar-refractivity contribution >= 4 is 5.91 Å². The summed E-state index contributed by atoms with van der Waals surface area (Å²) in [5.41, 5.74) is 1.42. The van der Waals surface area contributed by atoms with Crippen LogP contribution in [0, 0.1) is 12.8 Å². The van der Waals surface area contributed by atoms with E-state index in [1.807, 2.05) is 17.9 Å². The molecule has 2 aromatic rings. The molecular formula is C19H24N4O3. The van der Waals surface area contributed by atoms with Crippen LogP contribution in [0.5, 0.6) is 0 Å². The Hall–Kier alpha value is -2.28. The summed E-state index contributed by atoms with van der Waals surface area (Å²) in [6, 6.07) is 3.62. The first-order valence-electron chi connectivity index (χ1n) is 9.32. The number of carbonyl (C=O) groups is 1. The van der Waals surface area contributed by atoms with E-state index in [0.29, 0.717) is 43.4 Å². The van der Waals surface area contributed by atoms with Crippen molar-refractivity contribution in [3.63, 3.8) is 0 Å². The van der Waals surface area contributed by atoms with E-state index in [1.54, 1.807) is 12.3 Å². The van der Waals surface area contributed by atoms with E-state index in [1.165, 1.54) is 12.8 Å². The van der Waals surface area contributed by atoms with Crippen LogP contribution in [0.3, 0.4) is 0 Å². The summed E-state index contributed by atoms with van der Waals surface area (Å²) in [6.45, 7) is 4.63. The number of carbonyl (C=O) groups excluding carboxylic acids is 1. The fourth-order valence-electron chi connectivity index (χ4n) is 3.26. The molecule has 1 saturated heterocycles. The zero-order valence-electron chi connectivity index (χ0n) is 15.1. The second-order valence-corrected chi connectivity index (χ2v) is 7.19. The molecule has 0 spiro atoms. The van der Waals surface area contributed by atoms with Crippen LogP contribution in [0.2, 0.25) is 0 Å². The number of likely N-dealkylation sites (tertiary alicyclic amines) is 1. The summed E-state index contributed by atoms with van der Waals surface area (Å²) in [4.78, 5) is 23.2. The highest BCUT2D eigenvalue weighted by Gasteiger charge is 2.32. The second-order valence-electron chi connectivity index (χ2n) is 7.19. The third-order valence-corrected chi connectivity index (χ3v) is 5.07. The van der Waals surface area contributed by atoms with Gasteiger partial charge in [-0.25, -0.2) is 0 Å². The fraction of sp³-hybridized carbons (Fsp3) is 0.579. The molecule has 0 radical (unpaired) electrons. The molecule has 138 valence electrons. The van der Waals surface area contributed by atoms with Crippen LogP contribution >= 0.6 is 0 Å². The lowest BCUT2D eigenvalue weighted by molar-refractivity contribution is 0.0788.